The number of anilines is 1. The van der Waals surface area contributed by atoms with Gasteiger partial charge in [-0.25, -0.2) is 18.8 Å². The molecule has 2 aromatic rings. The summed E-state index contributed by atoms with van der Waals surface area (Å²) in [6.07, 6.45) is -1.73. The van der Waals surface area contributed by atoms with Crippen LogP contribution in [-0.2, 0) is 21.7 Å². The van der Waals surface area contributed by atoms with Gasteiger partial charge in [-0.1, -0.05) is 0 Å². The number of ether oxygens (including phenoxy) is 1. The summed E-state index contributed by atoms with van der Waals surface area (Å²) in [6.45, 7) is 5.34. The van der Waals surface area contributed by atoms with Crippen LogP contribution in [0.4, 0.5) is 27.6 Å². The highest BCUT2D eigenvalue weighted by atomic mass is 35.5. The van der Waals surface area contributed by atoms with Crippen LogP contribution in [0.25, 0.3) is 0 Å². The number of rotatable bonds is 9. The van der Waals surface area contributed by atoms with E-state index in [1.165, 1.54) is 18.2 Å². The molecule has 0 saturated carbocycles. The number of nitrogens with zero attached hydrogens (tertiary/aromatic N) is 4. The van der Waals surface area contributed by atoms with E-state index in [0.717, 1.165) is 31.0 Å². The van der Waals surface area contributed by atoms with Crippen LogP contribution >= 0.6 is 23.5 Å². The monoisotopic (exact) mass is 665 g/mol. The lowest BCUT2D eigenvalue weighted by molar-refractivity contribution is -0.139. The normalized spacial score (nSPS) is 20.2. The molecule has 9 nitrogen and oxygen atoms in total. The Bertz CT molecular complexity index is 1420. The number of pyridine rings is 1. The average molecular weight is 666 g/mol. The summed E-state index contributed by atoms with van der Waals surface area (Å²) < 4.78 is 74.7. The summed E-state index contributed by atoms with van der Waals surface area (Å²) in [5.74, 6) is -4.50. The van der Waals surface area contributed by atoms with Crippen molar-refractivity contribution < 1.29 is 41.4 Å². The Morgan fingerprint density at radius 1 is 1.20 bits per heavy atom. The van der Waals surface area contributed by atoms with Crippen LogP contribution < -0.4 is 14.6 Å². The Kier molecular flexibility index (Phi) is 10.8. The molecule has 3 heterocycles. The minimum Gasteiger partial charge on any atom is -0.493 e. The van der Waals surface area contributed by atoms with Crippen molar-refractivity contribution in [2.24, 2.45) is 5.92 Å². The average Bonchev–Trinajstić information content (AvgIpc) is 3.16. The van der Waals surface area contributed by atoms with E-state index < -0.39 is 51.1 Å². The number of carboxylic acids is 1. The van der Waals surface area contributed by atoms with Gasteiger partial charge in [-0.3, -0.25) is 14.5 Å². The first kappa shape index (κ1) is 35.3. The molecule has 0 aliphatic carbocycles. The fourth-order valence-corrected chi connectivity index (χ4v) is 7.35. The molecule has 0 radical (unpaired) electrons. The van der Waals surface area contributed by atoms with Crippen molar-refractivity contribution in [3.8, 4) is 11.8 Å². The zero-order valence-electron chi connectivity index (χ0n) is 24.1. The number of piperidine rings is 1. The molecule has 2 saturated heterocycles. The Morgan fingerprint density at radius 2 is 1.86 bits per heavy atom. The number of carboxylic acid groups (broad SMARTS) is 1. The number of halogens is 6. The maximum atomic E-state index is 14.8. The SMILES string of the molecule is CC(F)(F)c1cc([SH]2NN(c3cnc(C#N)c(C(F)(F)F)c3)C(=O)C2(C)C)ccc1OCCC1CCN(CC(=O)O)CC1.Cl. The highest BCUT2D eigenvalue weighted by Crippen LogP contribution is 2.53. The number of hydrazine groups is 1. The van der Waals surface area contributed by atoms with Gasteiger partial charge in [0.1, 0.15) is 11.8 Å². The Balaban J connectivity index is 0.00000529. The van der Waals surface area contributed by atoms with Crippen molar-refractivity contribution in [2.45, 2.75) is 61.8 Å². The fraction of sp³-hybridized carbons (Fsp3) is 0.500. The minimum absolute atomic E-state index is 0. The molecule has 242 valence electrons. The number of carbonyl (C=O) groups is 2. The maximum Gasteiger partial charge on any atom is 0.419 e. The number of carbonyl (C=O) groups excluding carboxylic acids is 1. The zero-order chi connectivity index (χ0) is 31.7. The molecule has 1 unspecified atom stereocenters. The first-order valence-electron chi connectivity index (χ1n) is 13.5. The quantitative estimate of drug-likeness (QED) is 0.232. The van der Waals surface area contributed by atoms with Crippen molar-refractivity contribution in [3.63, 3.8) is 0 Å². The van der Waals surface area contributed by atoms with Gasteiger partial charge < -0.3 is 9.84 Å². The third kappa shape index (κ3) is 7.71. The van der Waals surface area contributed by atoms with Gasteiger partial charge in [0.2, 0.25) is 0 Å². The summed E-state index contributed by atoms with van der Waals surface area (Å²) in [7, 11) is 0. The number of hydrogen-bond donors (Lipinski definition) is 3. The van der Waals surface area contributed by atoms with Crippen LogP contribution in [0.3, 0.4) is 0 Å². The van der Waals surface area contributed by atoms with Gasteiger partial charge in [0.15, 0.2) is 5.69 Å². The fourth-order valence-electron chi connectivity index (χ4n) is 5.16. The highest BCUT2D eigenvalue weighted by molar-refractivity contribution is 8.17. The largest absolute Gasteiger partial charge is 0.493 e. The molecule has 2 aliphatic heterocycles. The summed E-state index contributed by atoms with van der Waals surface area (Å²) in [5, 5.41) is 18.9. The number of aliphatic carboxylic acids is 1. The molecule has 1 aromatic heterocycles. The van der Waals surface area contributed by atoms with Gasteiger partial charge in [0.05, 0.1) is 40.9 Å². The molecular weight excluding hydrogens is 633 g/mol. The molecule has 0 bridgehead atoms. The van der Waals surface area contributed by atoms with Crippen molar-refractivity contribution in [1.82, 2.24) is 14.7 Å². The van der Waals surface area contributed by atoms with Crippen LogP contribution in [0, 0.1) is 17.2 Å². The second-order valence-corrected chi connectivity index (χ2v) is 13.7. The van der Waals surface area contributed by atoms with E-state index in [4.69, 9.17) is 15.1 Å². The van der Waals surface area contributed by atoms with Gasteiger partial charge in [0, 0.05) is 11.8 Å². The highest BCUT2D eigenvalue weighted by Gasteiger charge is 2.47. The standard InChI is InChI=1S/C28H32F5N5O4S.ClH/c1-26(2)25(41)38(18-12-20(28(31,32)33)22(14-34)35-15-18)36-43(26)19-4-5-23(21(13-19)27(3,29)30)42-11-8-17-6-9-37(10-7-17)16-24(39)40;/h4-5,12-13,15,17,36,43H,6-11,16H2,1-3H3,(H,39,40);1H. The van der Waals surface area contributed by atoms with Crippen LogP contribution in [0.15, 0.2) is 35.4 Å². The van der Waals surface area contributed by atoms with Crippen molar-refractivity contribution in [3.05, 3.63) is 47.3 Å². The number of nitrogens with one attached hydrogen (secondary N) is 1. The van der Waals surface area contributed by atoms with E-state index in [2.05, 4.69) is 9.82 Å². The third-order valence-electron chi connectivity index (χ3n) is 7.57. The topological polar surface area (TPSA) is 119 Å². The van der Waals surface area contributed by atoms with Gasteiger partial charge in [-0.15, -0.1) is 23.5 Å². The summed E-state index contributed by atoms with van der Waals surface area (Å²) in [5.41, 5.74) is -2.74. The number of alkyl halides is 5. The molecule has 1 atom stereocenters. The van der Waals surface area contributed by atoms with Gasteiger partial charge >= 0.3 is 12.1 Å². The summed E-state index contributed by atoms with van der Waals surface area (Å²) in [4.78, 5) is 32.9. The van der Waals surface area contributed by atoms with E-state index >= 15 is 0 Å². The second-order valence-electron chi connectivity index (χ2n) is 11.2. The van der Waals surface area contributed by atoms with Crippen molar-refractivity contribution in [2.75, 3.05) is 31.3 Å². The number of benzene rings is 1. The predicted octanol–water partition coefficient (Wildman–Crippen LogP) is 5.68. The summed E-state index contributed by atoms with van der Waals surface area (Å²) in [6, 6.07) is 6.28. The number of likely N-dealkylation sites (tertiary alicyclic amines) is 1. The maximum absolute atomic E-state index is 14.8. The first-order valence-corrected chi connectivity index (χ1v) is 14.8. The Labute approximate surface area is 260 Å². The molecule has 0 spiro atoms. The molecule has 1 aromatic carbocycles. The smallest absolute Gasteiger partial charge is 0.419 e. The van der Waals surface area contributed by atoms with E-state index in [1.807, 2.05) is 4.90 Å². The number of hydrogen-bond acceptors (Lipinski definition) is 7. The first-order chi connectivity index (χ1) is 20.0. The molecule has 16 heteroatoms. The van der Waals surface area contributed by atoms with E-state index in [9.17, 15) is 31.5 Å². The molecule has 2 aliphatic rings. The van der Waals surface area contributed by atoms with E-state index in [-0.39, 0.29) is 48.5 Å². The van der Waals surface area contributed by atoms with E-state index in [1.54, 1.807) is 19.9 Å². The van der Waals surface area contributed by atoms with Gasteiger partial charge in [-0.2, -0.15) is 23.3 Å². The Hall–Kier alpha value is -3.19. The van der Waals surface area contributed by atoms with Crippen molar-refractivity contribution in [1.29, 1.82) is 5.26 Å². The molecule has 1 amide bonds. The third-order valence-corrected chi connectivity index (χ3v) is 10.1. The number of aromatic nitrogens is 1. The molecule has 2 N–H and O–H groups in total. The second kappa shape index (κ2) is 13.4. The molecule has 44 heavy (non-hydrogen) atoms. The van der Waals surface area contributed by atoms with Crippen LogP contribution in [0.2, 0.25) is 0 Å². The molecule has 2 fully saturated rings. The molecule has 4 rings (SSSR count). The molecular formula is C28H33ClF5N5O4S. The lowest BCUT2D eigenvalue weighted by Gasteiger charge is -2.31. The number of nitriles is 1. The summed E-state index contributed by atoms with van der Waals surface area (Å²) >= 11 is -1.73. The van der Waals surface area contributed by atoms with Crippen molar-refractivity contribution >= 4 is 41.1 Å². The zero-order valence-corrected chi connectivity index (χ0v) is 25.8. The van der Waals surface area contributed by atoms with Crippen LogP contribution in [-0.4, -0.2) is 57.9 Å². The number of amides is 1. The minimum atomic E-state index is -4.88. The number of thiol groups is 1. The Morgan fingerprint density at radius 3 is 2.43 bits per heavy atom. The van der Waals surface area contributed by atoms with Crippen LogP contribution in [0.5, 0.6) is 5.75 Å². The van der Waals surface area contributed by atoms with E-state index in [0.29, 0.717) is 30.5 Å². The van der Waals surface area contributed by atoms with Gasteiger partial charge in [0.25, 0.3) is 11.8 Å². The lowest BCUT2D eigenvalue weighted by atomic mass is 9.94. The lowest BCUT2D eigenvalue weighted by Crippen LogP contribution is -2.38. The van der Waals surface area contributed by atoms with Crippen LogP contribution in [0.1, 0.15) is 56.9 Å². The van der Waals surface area contributed by atoms with Gasteiger partial charge in [-0.05, 0) is 76.4 Å². The predicted molar refractivity (Wildman–Crippen MR) is 156 cm³/mol.